The second-order valence-corrected chi connectivity index (χ2v) is 10.8. The van der Waals surface area contributed by atoms with E-state index in [2.05, 4.69) is 35.5 Å². The smallest absolute Gasteiger partial charge is 0.161 e. The normalized spacial score (nSPS) is 12.8. The van der Waals surface area contributed by atoms with Crippen molar-refractivity contribution in [2.75, 3.05) is 5.32 Å². The number of hydrogen-bond acceptors (Lipinski definition) is 7. The number of aliphatic hydroxyl groups is 1. The van der Waals surface area contributed by atoms with Crippen molar-refractivity contribution in [3.8, 4) is 33.9 Å². The molecule has 0 saturated heterocycles. The Bertz CT molecular complexity index is 1860. The SMILES string of the molecule is CC(C)(C)CC(O)Nc1cncc(-c2ncc3[nH]nc(-c4nc5c(-c6cccc(F)c6)cncc5[nH]4)c3c2F)c1. The predicted octanol–water partition coefficient (Wildman–Crippen LogP) is 6.07. The highest BCUT2D eigenvalue weighted by Gasteiger charge is 2.22. The van der Waals surface area contributed by atoms with E-state index in [0.29, 0.717) is 51.2 Å². The first-order chi connectivity index (χ1) is 19.2. The molecule has 0 aliphatic carbocycles. The molecule has 5 aromatic heterocycles. The van der Waals surface area contributed by atoms with Crippen LogP contribution in [-0.2, 0) is 0 Å². The van der Waals surface area contributed by atoms with E-state index < -0.39 is 12.0 Å². The summed E-state index contributed by atoms with van der Waals surface area (Å²) in [6.45, 7) is 6.10. The van der Waals surface area contributed by atoms with Gasteiger partial charge in [0.15, 0.2) is 11.6 Å². The Morgan fingerprint density at radius 2 is 1.77 bits per heavy atom. The molecule has 0 radical (unpaired) electrons. The zero-order valence-corrected chi connectivity index (χ0v) is 22.0. The number of benzene rings is 1. The lowest BCUT2D eigenvalue weighted by Crippen LogP contribution is -2.25. The van der Waals surface area contributed by atoms with Crippen molar-refractivity contribution in [3.63, 3.8) is 0 Å². The molecule has 0 aliphatic heterocycles. The number of halogens is 2. The Hall–Kier alpha value is -4.77. The van der Waals surface area contributed by atoms with Crippen LogP contribution in [0.2, 0.25) is 0 Å². The number of aliphatic hydroxyl groups excluding tert-OH is 1. The molecule has 5 heterocycles. The van der Waals surface area contributed by atoms with Crippen LogP contribution in [0.5, 0.6) is 0 Å². The van der Waals surface area contributed by atoms with Gasteiger partial charge in [0, 0.05) is 23.5 Å². The van der Waals surface area contributed by atoms with Gasteiger partial charge in [-0.15, -0.1) is 0 Å². The second kappa shape index (κ2) is 9.76. The number of rotatable bonds is 6. The van der Waals surface area contributed by atoms with Gasteiger partial charge in [-0.25, -0.2) is 13.8 Å². The van der Waals surface area contributed by atoms with Gasteiger partial charge in [-0.1, -0.05) is 32.9 Å². The van der Waals surface area contributed by atoms with Gasteiger partial charge < -0.3 is 15.4 Å². The van der Waals surface area contributed by atoms with Gasteiger partial charge in [0.25, 0.3) is 0 Å². The van der Waals surface area contributed by atoms with Gasteiger partial charge in [-0.3, -0.25) is 20.1 Å². The highest BCUT2D eigenvalue weighted by atomic mass is 19.1. The van der Waals surface area contributed by atoms with Gasteiger partial charge in [0.2, 0.25) is 0 Å². The molecule has 0 saturated carbocycles. The third-order valence-corrected chi connectivity index (χ3v) is 6.45. The van der Waals surface area contributed by atoms with E-state index in [0.717, 1.165) is 0 Å². The minimum Gasteiger partial charge on any atom is -0.374 e. The lowest BCUT2D eigenvalue weighted by Gasteiger charge is -2.23. The van der Waals surface area contributed by atoms with Crippen LogP contribution < -0.4 is 5.32 Å². The summed E-state index contributed by atoms with van der Waals surface area (Å²) < 4.78 is 30.0. The molecule has 0 bridgehead atoms. The summed E-state index contributed by atoms with van der Waals surface area (Å²) in [5.74, 6) is -0.649. The topological polar surface area (TPSA) is 128 Å². The molecule has 9 nitrogen and oxygen atoms in total. The lowest BCUT2D eigenvalue weighted by atomic mass is 9.91. The maximum atomic E-state index is 16.1. The van der Waals surface area contributed by atoms with Gasteiger partial charge in [0.05, 0.1) is 46.2 Å². The number of nitrogens with zero attached hydrogens (tertiary/aromatic N) is 5. The number of pyridine rings is 3. The summed E-state index contributed by atoms with van der Waals surface area (Å²) >= 11 is 0. The molecule has 202 valence electrons. The number of nitrogens with one attached hydrogen (secondary N) is 3. The minimum atomic E-state index is -0.794. The molecule has 1 unspecified atom stereocenters. The second-order valence-electron chi connectivity index (χ2n) is 10.8. The van der Waals surface area contributed by atoms with Crippen LogP contribution in [-0.4, -0.2) is 46.5 Å². The van der Waals surface area contributed by atoms with Crippen molar-refractivity contribution in [1.82, 2.24) is 35.1 Å². The van der Waals surface area contributed by atoms with Crippen molar-refractivity contribution >= 4 is 27.6 Å². The first kappa shape index (κ1) is 25.5. The number of aromatic nitrogens is 7. The van der Waals surface area contributed by atoms with Crippen LogP contribution in [0.3, 0.4) is 0 Å². The van der Waals surface area contributed by atoms with E-state index in [9.17, 15) is 9.50 Å². The van der Waals surface area contributed by atoms with Crippen LogP contribution in [0.15, 0.2) is 61.3 Å². The fraction of sp³-hybridized carbons (Fsp3) is 0.207. The molecule has 0 spiro atoms. The van der Waals surface area contributed by atoms with Crippen LogP contribution in [0, 0.1) is 17.0 Å². The number of fused-ring (bicyclic) bond motifs is 2. The lowest BCUT2D eigenvalue weighted by molar-refractivity contribution is 0.145. The van der Waals surface area contributed by atoms with Crippen molar-refractivity contribution < 1.29 is 13.9 Å². The molecule has 0 amide bonds. The highest BCUT2D eigenvalue weighted by Crippen LogP contribution is 2.34. The molecule has 0 fully saturated rings. The van der Waals surface area contributed by atoms with Crippen molar-refractivity contribution in [2.24, 2.45) is 5.41 Å². The Labute approximate surface area is 227 Å². The Morgan fingerprint density at radius 3 is 2.58 bits per heavy atom. The molecule has 40 heavy (non-hydrogen) atoms. The first-order valence-electron chi connectivity index (χ1n) is 12.7. The van der Waals surface area contributed by atoms with E-state index in [4.69, 9.17) is 4.98 Å². The van der Waals surface area contributed by atoms with Crippen LogP contribution >= 0.6 is 0 Å². The van der Waals surface area contributed by atoms with Crippen molar-refractivity contribution in [3.05, 3.63) is 73.0 Å². The maximum Gasteiger partial charge on any atom is 0.161 e. The molecule has 0 aliphatic rings. The predicted molar refractivity (Wildman–Crippen MR) is 149 cm³/mol. The molecular formula is C29H26F2N8O. The summed E-state index contributed by atoms with van der Waals surface area (Å²) in [6.07, 6.45) is 7.51. The van der Waals surface area contributed by atoms with E-state index >= 15 is 4.39 Å². The van der Waals surface area contributed by atoms with E-state index in [-0.39, 0.29) is 28.0 Å². The summed E-state index contributed by atoms with van der Waals surface area (Å²) in [5, 5.41) is 20.8. The summed E-state index contributed by atoms with van der Waals surface area (Å²) in [6, 6.07) is 7.85. The maximum absolute atomic E-state index is 16.1. The quantitative estimate of drug-likeness (QED) is 0.189. The van der Waals surface area contributed by atoms with E-state index in [1.807, 2.05) is 20.8 Å². The fourth-order valence-electron chi connectivity index (χ4n) is 4.73. The summed E-state index contributed by atoms with van der Waals surface area (Å²) in [4.78, 5) is 20.6. The first-order valence-corrected chi connectivity index (χ1v) is 12.7. The number of hydrogen-bond donors (Lipinski definition) is 4. The Balaban J connectivity index is 1.40. The molecule has 6 rings (SSSR count). The molecule has 4 N–H and O–H groups in total. The zero-order valence-electron chi connectivity index (χ0n) is 22.0. The molecule has 1 aromatic carbocycles. The molecular weight excluding hydrogens is 514 g/mol. The molecule has 11 heteroatoms. The largest absolute Gasteiger partial charge is 0.374 e. The monoisotopic (exact) mass is 540 g/mol. The van der Waals surface area contributed by atoms with Gasteiger partial charge in [0.1, 0.15) is 23.4 Å². The Morgan fingerprint density at radius 1 is 0.950 bits per heavy atom. The molecule has 1 atom stereocenters. The van der Waals surface area contributed by atoms with E-state index in [1.165, 1.54) is 24.5 Å². The number of anilines is 1. The average Bonchev–Trinajstić information content (AvgIpc) is 3.52. The fourth-order valence-corrected chi connectivity index (χ4v) is 4.73. The minimum absolute atomic E-state index is 0.0786. The van der Waals surface area contributed by atoms with E-state index in [1.54, 1.807) is 36.8 Å². The molecule has 6 aromatic rings. The average molecular weight is 541 g/mol. The summed E-state index contributed by atoms with van der Waals surface area (Å²) in [7, 11) is 0. The Kier molecular flexibility index (Phi) is 6.22. The zero-order chi connectivity index (χ0) is 28.0. The summed E-state index contributed by atoms with van der Waals surface area (Å²) in [5.41, 5.74) is 4.02. The van der Waals surface area contributed by atoms with Crippen LogP contribution in [0.4, 0.5) is 14.5 Å². The van der Waals surface area contributed by atoms with Gasteiger partial charge in [-0.05, 0) is 35.6 Å². The van der Waals surface area contributed by atoms with Crippen LogP contribution in [0.25, 0.3) is 55.8 Å². The number of H-pyrrole nitrogens is 2. The van der Waals surface area contributed by atoms with Crippen LogP contribution in [0.1, 0.15) is 27.2 Å². The number of imidazole rings is 1. The third kappa shape index (κ3) is 4.87. The number of aromatic amines is 2. The van der Waals surface area contributed by atoms with Gasteiger partial charge in [-0.2, -0.15) is 5.10 Å². The standard InChI is InChI=1S/C29H26F2N8O/c1-29(2,3)9-22(40)35-18-8-16(10-32-11-18)25-24(31)23-20(14-34-25)38-39-27(23)28-36-21-13-33-12-19(26(21)37-28)15-5-4-6-17(30)7-15/h4-8,10-14,22,35,40H,9H2,1-3H3,(H,36,37)(H,38,39). The van der Waals surface area contributed by atoms with Crippen molar-refractivity contribution in [1.29, 1.82) is 0 Å². The highest BCUT2D eigenvalue weighted by molar-refractivity contribution is 5.97. The van der Waals surface area contributed by atoms with Gasteiger partial charge >= 0.3 is 0 Å². The third-order valence-electron chi connectivity index (χ3n) is 6.45. The van der Waals surface area contributed by atoms with Crippen molar-refractivity contribution in [2.45, 2.75) is 33.4 Å².